The Labute approximate surface area is 153 Å². The van der Waals surface area contributed by atoms with Crippen LogP contribution in [0.15, 0.2) is 0 Å². The second-order valence-corrected chi connectivity index (χ2v) is 7.71. The predicted molar refractivity (Wildman–Crippen MR) is 92.4 cm³/mol. The normalized spacial score (nSPS) is 24.6. The van der Waals surface area contributed by atoms with Gasteiger partial charge in [0, 0.05) is 19.1 Å². The summed E-state index contributed by atoms with van der Waals surface area (Å²) < 4.78 is 10.0. The number of carbonyl (C=O) groups is 3. The first-order chi connectivity index (χ1) is 12.2. The smallest absolute Gasteiger partial charge is 0.411 e. The van der Waals surface area contributed by atoms with Gasteiger partial charge < -0.3 is 19.9 Å². The van der Waals surface area contributed by atoms with Crippen LogP contribution in [0.3, 0.4) is 0 Å². The van der Waals surface area contributed by atoms with E-state index in [-0.39, 0.29) is 6.04 Å². The molecule has 0 aromatic rings. The van der Waals surface area contributed by atoms with E-state index in [9.17, 15) is 19.5 Å². The number of ether oxygens (including phenoxy) is 2. The lowest BCUT2D eigenvalue weighted by atomic mass is 10.1. The highest BCUT2D eigenvalue weighted by Crippen LogP contribution is 2.26. The van der Waals surface area contributed by atoms with E-state index in [0.717, 1.165) is 19.4 Å². The number of nitrogens with one attached hydrogen (secondary N) is 1. The number of aliphatic hydroxyl groups is 1. The molecule has 2 N–H and O–H groups in total. The van der Waals surface area contributed by atoms with Gasteiger partial charge in [-0.3, -0.25) is 14.6 Å². The van der Waals surface area contributed by atoms with Gasteiger partial charge in [-0.05, 0) is 40.2 Å². The van der Waals surface area contributed by atoms with Crippen molar-refractivity contribution in [1.29, 1.82) is 0 Å². The minimum atomic E-state index is -1.16. The van der Waals surface area contributed by atoms with Crippen LogP contribution in [0.5, 0.6) is 0 Å². The molecule has 0 aliphatic carbocycles. The summed E-state index contributed by atoms with van der Waals surface area (Å²) in [6, 6.07) is -1.75. The number of fused-ring (bicyclic) bond motifs is 1. The van der Waals surface area contributed by atoms with E-state index < -0.39 is 42.3 Å². The van der Waals surface area contributed by atoms with E-state index in [4.69, 9.17) is 4.74 Å². The number of carbonyl (C=O) groups excluding carboxylic acids is 3. The van der Waals surface area contributed by atoms with Gasteiger partial charge in [-0.25, -0.2) is 9.59 Å². The van der Waals surface area contributed by atoms with Crippen LogP contribution >= 0.6 is 0 Å². The number of amides is 2. The van der Waals surface area contributed by atoms with Gasteiger partial charge in [0.05, 0.1) is 13.7 Å². The van der Waals surface area contributed by atoms with Crippen molar-refractivity contribution >= 4 is 18.0 Å². The van der Waals surface area contributed by atoms with Crippen LogP contribution in [0.4, 0.5) is 4.79 Å². The monoisotopic (exact) mass is 371 g/mol. The minimum absolute atomic E-state index is 0.209. The van der Waals surface area contributed by atoms with E-state index in [2.05, 4.69) is 15.0 Å². The molecule has 9 heteroatoms. The van der Waals surface area contributed by atoms with Crippen LogP contribution in [-0.4, -0.2) is 90.0 Å². The third-order valence-electron chi connectivity index (χ3n) is 4.61. The maximum absolute atomic E-state index is 12.8. The molecule has 26 heavy (non-hydrogen) atoms. The molecule has 2 saturated heterocycles. The fourth-order valence-corrected chi connectivity index (χ4v) is 3.35. The standard InChI is InChI=1S/C17H29N3O6/c1-17(2,3)26-16(24)20-8-11-6-5-7-19(11)9-13(20)14(22)18-12(10-21)15(23)25-4/h11-13,21H,5-10H2,1-4H3,(H,18,22)/t11-,12?,13+/m1/s1. The van der Waals surface area contributed by atoms with E-state index in [1.807, 2.05) is 0 Å². The van der Waals surface area contributed by atoms with Crippen molar-refractivity contribution in [3.05, 3.63) is 0 Å². The number of rotatable bonds is 4. The average Bonchev–Trinajstić information content (AvgIpc) is 3.03. The van der Waals surface area contributed by atoms with Gasteiger partial charge in [0.2, 0.25) is 5.91 Å². The number of hydrogen-bond acceptors (Lipinski definition) is 7. The molecule has 148 valence electrons. The Morgan fingerprint density at radius 1 is 1.27 bits per heavy atom. The zero-order valence-electron chi connectivity index (χ0n) is 15.9. The molecule has 0 bridgehead atoms. The Hall–Kier alpha value is -1.87. The molecule has 2 heterocycles. The lowest BCUT2D eigenvalue weighted by Gasteiger charge is -2.43. The van der Waals surface area contributed by atoms with Crippen LogP contribution in [0.2, 0.25) is 0 Å². The topological polar surface area (TPSA) is 108 Å². The Kier molecular flexibility index (Phi) is 6.46. The summed E-state index contributed by atoms with van der Waals surface area (Å²) in [4.78, 5) is 40.6. The quantitative estimate of drug-likeness (QED) is 0.654. The summed E-state index contributed by atoms with van der Waals surface area (Å²) in [7, 11) is 1.18. The van der Waals surface area contributed by atoms with Crippen molar-refractivity contribution in [3.8, 4) is 0 Å². The maximum atomic E-state index is 12.8. The van der Waals surface area contributed by atoms with Crippen LogP contribution in [0.25, 0.3) is 0 Å². The molecule has 0 aromatic carbocycles. The fourth-order valence-electron chi connectivity index (χ4n) is 3.35. The minimum Gasteiger partial charge on any atom is -0.467 e. The molecule has 1 unspecified atom stereocenters. The lowest BCUT2D eigenvalue weighted by molar-refractivity contribution is -0.147. The molecule has 0 saturated carbocycles. The Morgan fingerprint density at radius 3 is 2.54 bits per heavy atom. The van der Waals surface area contributed by atoms with Gasteiger partial charge >= 0.3 is 12.1 Å². The Balaban J connectivity index is 2.15. The number of aliphatic hydroxyl groups excluding tert-OH is 1. The molecule has 2 fully saturated rings. The summed E-state index contributed by atoms with van der Waals surface area (Å²) in [6.45, 7) is 6.37. The Morgan fingerprint density at radius 2 is 1.96 bits per heavy atom. The zero-order valence-corrected chi connectivity index (χ0v) is 15.9. The highest BCUT2D eigenvalue weighted by molar-refractivity contribution is 5.90. The molecule has 2 aliphatic heterocycles. The second-order valence-electron chi connectivity index (χ2n) is 7.71. The lowest BCUT2D eigenvalue weighted by Crippen LogP contribution is -2.64. The number of piperazine rings is 1. The molecule has 9 nitrogen and oxygen atoms in total. The SMILES string of the molecule is COC(=O)C(CO)NC(=O)[C@@H]1CN2CCC[C@@H]2CN1C(=O)OC(C)(C)C. The third kappa shape index (κ3) is 4.85. The van der Waals surface area contributed by atoms with E-state index >= 15 is 0 Å². The number of esters is 1. The molecule has 2 rings (SSSR count). The predicted octanol–water partition coefficient (Wildman–Crippen LogP) is -0.280. The van der Waals surface area contributed by atoms with Crippen molar-refractivity contribution in [3.63, 3.8) is 0 Å². The summed E-state index contributed by atoms with van der Waals surface area (Å²) in [6.07, 6.45) is 1.43. The molecule has 0 radical (unpaired) electrons. The van der Waals surface area contributed by atoms with Gasteiger partial charge in [0.1, 0.15) is 11.6 Å². The second kappa shape index (κ2) is 8.22. The first-order valence-electron chi connectivity index (χ1n) is 8.89. The van der Waals surface area contributed by atoms with Crippen molar-refractivity contribution in [2.75, 3.05) is 33.4 Å². The van der Waals surface area contributed by atoms with E-state index in [0.29, 0.717) is 13.1 Å². The zero-order chi connectivity index (χ0) is 19.5. The van der Waals surface area contributed by atoms with Crippen LogP contribution in [0, 0.1) is 0 Å². The number of hydrogen-bond donors (Lipinski definition) is 2. The summed E-state index contributed by atoms with van der Waals surface area (Å²) in [5.41, 5.74) is -0.676. The summed E-state index contributed by atoms with van der Waals surface area (Å²) in [5.74, 6) is -1.25. The van der Waals surface area contributed by atoms with E-state index in [1.54, 1.807) is 20.8 Å². The van der Waals surface area contributed by atoms with Gasteiger partial charge in [0.25, 0.3) is 0 Å². The largest absolute Gasteiger partial charge is 0.467 e. The molecule has 0 spiro atoms. The average molecular weight is 371 g/mol. The first-order valence-corrected chi connectivity index (χ1v) is 8.89. The van der Waals surface area contributed by atoms with Crippen LogP contribution < -0.4 is 5.32 Å². The van der Waals surface area contributed by atoms with Crippen molar-refractivity contribution < 1.29 is 29.0 Å². The molecular weight excluding hydrogens is 342 g/mol. The summed E-state index contributed by atoms with van der Waals surface area (Å²) in [5, 5.41) is 11.8. The van der Waals surface area contributed by atoms with Gasteiger partial charge in [-0.15, -0.1) is 0 Å². The molecular formula is C17H29N3O6. The van der Waals surface area contributed by atoms with Crippen molar-refractivity contribution in [2.45, 2.75) is 57.3 Å². The maximum Gasteiger partial charge on any atom is 0.411 e. The van der Waals surface area contributed by atoms with Gasteiger partial charge in [-0.2, -0.15) is 0 Å². The van der Waals surface area contributed by atoms with Crippen molar-refractivity contribution in [1.82, 2.24) is 15.1 Å². The molecule has 3 atom stereocenters. The number of methoxy groups -OCH3 is 1. The third-order valence-corrected chi connectivity index (χ3v) is 4.61. The van der Waals surface area contributed by atoms with Gasteiger partial charge in [0.15, 0.2) is 6.04 Å². The molecule has 2 aliphatic rings. The van der Waals surface area contributed by atoms with Crippen LogP contribution in [-0.2, 0) is 19.1 Å². The van der Waals surface area contributed by atoms with E-state index in [1.165, 1.54) is 12.0 Å². The first kappa shape index (κ1) is 20.4. The molecule has 0 aromatic heterocycles. The molecule has 2 amide bonds. The highest BCUT2D eigenvalue weighted by atomic mass is 16.6. The summed E-state index contributed by atoms with van der Waals surface area (Å²) >= 11 is 0. The van der Waals surface area contributed by atoms with Gasteiger partial charge in [-0.1, -0.05) is 0 Å². The Bertz CT molecular complexity index is 547. The van der Waals surface area contributed by atoms with Crippen molar-refractivity contribution in [2.24, 2.45) is 0 Å². The number of nitrogens with zero attached hydrogens (tertiary/aromatic N) is 2. The fraction of sp³-hybridized carbons (Fsp3) is 0.824. The van der Waals surface area contributed by atoms with Crippen LogP contribution in [0.1, 0.15) is 33.6 Å². The highest BCUT2D eigenvalue weighted by Gasteiger charge is 2.43.